The summed E-state index contributed by atoms with van der Waals surface area (Å²) in [5.41, 5.74) is 3.02. The van der Waals surface area contributed by atoms with Crippen molar-refractivity contribution < 1.29 is 19.1 Å². The molecule has 2 amide bonds. The van der Waals surface area contributed by atoms with Crippen LogP contribution in [0.4, 0.5) is 0 Å². The van der Waals surface area contributed by atoms with Gasteiger partial charge in [-0.15, -0.1) is 0 Å². The van der Waals surface area contributed by atoms with Crippen LogP contribution < -0.4 is 14.8 Å². The maximum Gasteiger partial charge on any atom is 0.261 e. The Labute approximate surface area is 185 Å². The summed E-state index contributed by atoms with van der Waals surface area (Å²) in [6.45, 7) is 8.56. The number of aryl methyl sites for hydroxylation is 2. The number of hydrogen-bond acceptors (Lipinski definition) is 4. The van der Waals surface area contributed by atoms with Crippen molar-refractivity contribution in [1.29, 1.82) is 0 Å². The minimum absolute atomic E-state index is 0.132. The summed E-state index contributed by atoms with van der Waals surface area (Å²) in [5, 5.41) is 2.92. The molecule has 31 heavy (non-hydrogen) atoms. The zero-order chi connectivity index (χ0) is 22.8. The summed E-state index contributed by atoms with van der Waals surface area (Å²) in [7, 11) is 1.61. The van der Waals surface area contributed by atoms with Gasteiger partial charge in [0, 0.05) is 13.1 Å². The normalized spacial score (nSPS) is 11.5. The summed E-state index contributed by atoms with van der Waals surface area (Å²) in [6, 6.07) is 12.7. The Bertz CT molecular complexity index is 864. The molecule has 0 radical (unpaired) electrons. The maximum atomic E-state index is 13.1. The number of nitrogens with one attached hydrogen (secondary N) is 1. The van der Waals surface area contributed by atoms with E-state index in [1.54, 1.807) is 18.9 Å². The number of amides is 2. The van der Waals surface area contributed by atoms with Gasteiger partial charge < -0.3 is 19.7 Å². The lowest BCUT2D eigenvalue weighted by Gasteiger charge is -2.29. The van der Waals surface area contributed by atoms with Crippen molar-refractivity contribution in [3.8, 4) is 11.5 Å². The average Bonchev–Trinajstić information content (AvgIpc) is 2.76. The van der Waals surface area contributed by atoms with Crippen molar-refractivity contribution in [2.45, 2.75) is 53.1 Å². The Morgan fingerprint density at radius 2 is 1.81 bits per heavy atom. The predicted octanol–water partition coefficient (Wildman–Crippen LogP) is 4.02. The smallest absolute Gasteiger partial charge is 0.261 e. The lowest BCUT2D eigenvalue weighted by Crippen LogP contribution is -2.49. The van der Waals surface area contributed by atoms with Crippen LogP contribution in [0, 0.1) is 13.8 Å². The number of hydrogen-bond donors (Lipinski definition) is 1. The van der Waals surface area contributed by atoms with Gasteiger partial charge in [0.05, 0.1) is 7.11 Å². The number of methoxy groups -OCH3 is 1. The molecule has 0 spiro atoms. The molecule has 0 heterocycles. The number of benzene rings is 2. The number of nitrogens with zero attached hydrogens (tertiary/aromatic N) is 1. The third-order valence-electron chi connectivity index (χ3n) is 5.19. The van der Waals surface area contributed by atoms with E-state index in [-0.39, 0.29) is 18.4 Å². The van der Waals surface area contributed by atoms with Gasteiger partial charge in [-0.1, -0.05) is 43.2 Å². The second-order valence-corrected chi connectivity index (χ2v) is 7.75. The first-order valence-electron chi connectivity index (χ1n) is 10.8. The predicted molar refractivity (Wildman–Crippen MR) is 122 cm³/mol. The highest BCUT2D eigenvalue weighted by molar-refractivity contribution is 5.88. The molecular weight excluding hydrogens is 392 g/mol. The molecule has 1 unspecified atom stereocenters. The van der Waals surface area contributed by atoms with Crippen molar-refractivity contribution >= 4 is 11.8 Å². The van der Waals surface area contributed by atoms with Gasteiger partial charge in [0.2, 0.25) is 5.91 Å². The highest BCUT2D eigenvalue weighted by atomic mass is 16.5. The van der Waals surface area contributed by atoms with Crippen LogP contribution in [-0.2, 0) is 16.1 Å². The summed E-state index contributed by atoms with van der Waals surface area (Å²) in [5.74, 6) is 1.00. The molecule has 0 fully saturated rings. The molecule has 168 valence electrons. The fraction of sp³-hybridized carbons (Fsp3) is 0.440. The van der Waals surface area contributed by atoms with Crippen LogP contribution in [0.2, 0.25) is 0 Å². The first kappa shape index (κ1) is 24.3. The third-order valence-corrected chi connectivity index (χ3v) is 5.19. The molecular formula is C25H34N2O4. The number of carbonyl (C=O) groups is 2. The van der Waals surface area contributed by atoms with Gasteiger partial charge in [-0.25, -0.2) is 0 Å². The van der Waals surface area contributed by atoms with Gasteiger partial charge in [0.15, 0.2) is 6.61 Å². The van der Waals surface area contributed by atoms with E-state index in [1.165, 1.54) is 0 Å². The molecule has 0 aromatic heterocycles. The van der Waals surface area contributed by atoms with E-state index in [9.17, 15) is 9.59 Å². The first-order valence-corrected chi connectivity index (χ1v) is 10.8. The van der Waals surface area contributed by atoms with Crippen molar-refractivity contribution in [2.75, 3.05) is 20.3 Å². The molecule has 0 aliphatic heterocycles. The van der Waals surface area contributed by atoms with Crippen LogP contribution in [0.15, 0.2) is 42.5 Å². The largest absolute Gasteiger partial charge is 0.497 e. The fourth-order valence-corrected chi connectivity index (χ4v) is 3.23. The molecule has 0 saturated carbocycles. The lowest BCUT2D eigenvalue weighted by molar-refractivity contribution is -0.142. The number of carbonyl (C=O) groups excluding carboxylic acids is 2. The Morgan fingerprint density at radius 3 is 2.42 bits per heavy atom. The topological polar surface area (TPSA) is 67.9 Å². The fourth-order valence-electron chi connectivity index (χ4n) is 3.23. The van der Waals surface area contributed by atoms with Gasteiger partial charge >= 0.3 is 0 Å². The molecule has 1 N–H and O–H groups in total. The van der Waals surface area contributed by atoms with Crippen molar-refractivity contribution in [3.63, 3.8) is 0 Å². The number of rotatable bonds is 11. The second kappa shape index (κ2) is 12.0. The quantitative estimate of drug-likeness (QED) is 0.551. The van der Waals surface area contributed by atoms with Gasteiger partial charge in [-0.05, 0) is 56.5 Å². The average molecular weight is 427 g/mol. The molecule has 0 aliphatic carbocycles. The van der Waals surface area contributed by atoms with Crippen LogP contribution in [0.1, 0.15) is 43.4 Å². The van der Waals surface area contributed by atoms with Gasteiger partial charge in [-0.2, -0.15) is 0 Å². The van der Waals surface area contributed by atoms with E-state index in [4.69, 9.17) is 9.47 Å². The maximum absolute atomic E-state index is 13.1. The van der Waals surface area contributed by atoms with Gasteiger partial charge in [0.1, 0.15) is 17.5 Å². The summed E-state index contributed by atoms with van der Waals surface area (Å²) in [4.78, 5) is 27.3. The highest BCUT2D eigenvalue weighted by Crippen LogP contribution is 2.20. The molecule has 0 bridgehead atoms. The zero-order valence-corrected chi connectivity index (χ0v) is 19.2. The van der Waals surface area contributed by atoms with E-state index in [1.807, 2.05) is 56.3 Å². The molecule has 0 saturated heterocycles. The third kappa shape index (κ3) is 7.31. The number of unbranched alkanes of at least 4 members (excludes halogenated alkanes) is 1. The Kier molecular flexibility index (Phi) is 9.38. The van der Waals surface area contributed by atoms with E-state index in [0.29, 0.717) is 18.8 Å². The lowest BCUT2D eigenvalue weighted by atomic mass is 10.1. The van der Waals surface area contributed by atoms with Gasteiger partial charge in [0.25, 0.3) is 5.91 Å². The first-order chi connectivity index (χ1) is 14.8. The van der Waals surface area contributed by atoms with Crippen molar-refractivity contribution in [2.24, 2.45) is 0 Å². The molecule has 1 atom stereocenters. The molecule has 6 heteroatoms. The van der Waals surface area contributed by atoms with E-state index < -0.39 is 6.04 Å². The molecule has 2 rings (SSSR count). The monoisotopic (exact) mass is 426 g/mol. The molecule has 0 aliphatic rings. The van der Waals surface area contributed by atoms with Crippen LogP contribution in [-0.4, -0.2) is 43.0 Å². The summed E-state index contributed by atoms with van der Waals surface area (Å²) in [6.07, 6.45) is 1.90. The molecule has 2 aromatic carbocycles. The van der Waals surface area contributed by atoms with Crippen LogP contribution in [0.3, 0.4) is 0 Å². The van der Waals surface area contributed by atoms with Crippen LogP contribution in [0.5, 0.6) is 11.5 Å². The Morgan fingerprint density at radius 1 is 1.10 bits per heavy atom. The zero-order valence-electron chi connectivity index (χ0n) is 19.2. The van der Waals surface area contributed by atoms with E-state index in [0.717, 1.165) is 35.3 Å². The Balaban J connectivity index is 2.13. The van der Waals surface area contributed by atoms with E-state index >= 15 is 0 Å². The second-order valence-electron chi connectivity index (χ2n) is 7.75. The highest BCUT2D eigenvalue weighted by Gasteiger charge is 2.26. The van der Waals surface area contributed by atoms with Gasteiger partial charge in [-0.3, -0.25) is 9.59 Å². The van der Waals surface area contributed by atoms with Crippen LogP contribution >= 0.6 is 0 Å². The molecule has 2 aromatic rings. The van der Waals surface area contributed by atoms with Crippen molar-refractivity contribution in [3.05, 3.63) is 59.2 Å². The van der Waals surface area contributed by atoms with Crippen LogP contribution in [0.25, 0.3) is 0 Å². The SMILES string of the molecule is CCCCNC(=O)C(C)N(Cc1ccc(OC)cc1)C(=O)COc1ccc(C)cc1C. The van der Waals surface area contributed by atoms with E-state index in [2.05, 4.69) is 12.2 Å². The Hall–Kier alpha value is -3.02. The standard InChI is InChI=1S/C25H34N2O4/c1-6-7-14-26-25(29)20(4)27(16-21-9-11-22(30-5)12-10-21)24(28)17-31-23-13-8-18(2)15-19(23)3/h8-13,15,20H,6-7,14,16-17H2,1-5H3,(H,26,29). The summed E-state index contributed by atoms with van der Waals surface area (Å²) >= 11 is 0. The van der Waals surface area contributed by atoms with Crippen molar-refractivity contribution in [1.82, 2.24) is 10.2 Å². The molecule has 6 nitrogen and oxygen atoms in total. The minimum Gasteiger partial charge on any atom is -0.497 e. The summed E-state index contributed by atoms with van der Waals surface area (Å²) < 4.78 is 11.0. The minimum atomic E-state index is -0.617. The number of ether oxygens (including phenoxy) is 2.